The minimum atomic E-state index is -0.931. The van der Waals surface area contributed by atoms with Crippen LogP contribution in [0, 0.1) is 11.6 Å². The second-order valence-corrected chi connectivity index (χ2v) is 5.17. The SMILES string of the molecule is CSC(C)CNCC(O)c1ccc(F)c(F)c1. The fraction of sp³-hybridized carbons (Fsp3) is 0.500. The van der Waals surface area contributed by atoms with E-state index in [1.54, 1.807) is 11.8 Å². The Hall–Kier alpha value is -0.650. The summed E-state index contributed by atoms with van der Waals surface area (Å²) >= 11 is 1.72. The molecular formula is C12H17F2NOS. The van der Waals surface area contributed by atoms with E-state index in [4.69, 9.17) is 0 Å². The second-order valence-electron chi connectivity index (χ2n) is 3.89. The third-order valence-corrected chi connectivity index (χ3v) is 3.47. The van der Waals surface area contributed by atoms with Crippen molar-refractivity contribution in [2.45, 2.75) is 18.3 Å². The van der Waals surface area contributed by atoms with Crippen LogP contribution in [0.2, 0.25) is 0 Å². The van der Waals surface area contributed by atoms with Gasteiger partial charge < -0.3 is 10.4 Å². The van der Waals surface area contributed by atoms with Crippen molar-refractivity contribution in [2.24, 2.45) is 0 Å². The molecule has 0 spiro atoms. The molecule has 1 rings (SSSR count). The first-order chi connectivity index (χ1) is 8.04. The van der Waals surface area contributed by atoms with Gasteiger partial charge in [0.25, 0.3) is 0 Å². The maximum Gasteiger partial charge on any atom is 0.159 e. The van der Waals surface area contributed by atoms with Crippen molar-refractivity contribution in [3.05, 3.63) is 35.4 Å². The monoisotopic (exact) mass is 261 g/mol. The van der Waals surface area contributed by atoms with Crippen molar-refractivity contribution in [3.63, 3.8) is 0 Å². The first-order valence-corrected chi connectivity index (χ1v) is 6.70. The zero-order valence-corrected chi connectivity index (χ0v) is 10.7. The Morgan fingerprint density at radius 3 is 2.59 bits per heavy atom. The summed E-state index contributed by atoms with van der Waals surface area (Å²) in [4.78, 5) is 0. The van der Waals surface area contributed by atoms with E-state index in [0.717, 1.165) is 18.7 Å². The second kappa shape index (κ2) is 6.93. The van der Waals surface area contributed by atoms with Gasteiger partial charge in [-0.15, -0.1) is 0 Å². The number of benzene rings is 1. The molecule has 5 heteroatoms. The lowest BCUT2D eigenvalue weighted by Gasteiger charge is -2.14. The molecule has 0 fully saturated rings. The predicted octanol–water partition coefficient (Wildman–Crippen LogP) is 2.34. The molecular weight excluding hydrogens is 244 g/mol. The van der Waals surface area contributed by atoms with Gasteiger partial charge in [-0.1, -0.05) is 13.0 Å². The average molecular weight is 261 g/mol. The largest absolute Gasteiger partial charge is 0.387 e. The van der Waals surface area contributed by atoms with Gasteiger partial charge in [-0.05, 0) is 24.0 Å². The Morgan fingerprint density at radius 2 is 2.00 bits per heavy atom. The molecule has 0 aliphatic heterocycles. The van der Waals surface area contributed by atoms with E-state index in [2.05, 4.69) is 12.2 Å². The van der Waals surface area contributed by atoms with Crippen LogP contribution in [0.5, 0.6) is 0 Å². The van der Waals surface area contributed by atoms with Crippen LogP contribution in [0.15, 0.2) is 18.2 Å². The molecule has 17 heavy (non-hydrogen) atoms. The number of rotatable bonds is 6. The quantitative estimate of drug-likeness (QED) is 0.824. The predicted molar refractivity (Wildman–Crippen MR) is 67.2 cm³/mol. The molecule has 1 aromatic carbocycles. The molecule has 0 heterocycles. The highest BCUT2D eigenvalue weighted by molar-refractivity contribution is 7.99. The van der Waals surface area contributed by atoms with Crippen LogP contribution in [-0.2, 0) is 0 Å². The molecule has 1 aromatic rings. The van der Waals surface area contributed by atoms with Crippen LogP contribution in [0.4, 0.5) is 8.78 Å². The van der Waals surface area contributed by atoms with E-state index in [1.165, 1.54) is 6.07 Å². The number of hydrogen-bond donors (Lipinski definition) is 2. The number of thioether (sulfide) groups is 1. The third kappa shape index (κ3) is 4.61. The summed E-state index contributed by atoms with van der Waals surface area (Å²) in [5, 5.41) is 13.3. The van der Waals surface area contributed by atoms with E-state index in [-0.39, 0.29) is 0 Å². The normalized spacial score (nSPS) is 14.6. The molecule has 2 N–H and O–H groups in total. The van der Waals surface area contributed by atoms with E-state index in [1.807, 2.05) is 6.26 Å². The van der Waals surface area contributed by atoms with Crippen LogP contribution in [0.3, 0.4) is 0 Å². The average Bonchev–Trinajstić information content (AvgIpc) is 2.32. The van der Waals surface area contributed by atoms with Gasteiger partial charge in [0.15, 0.2) is 11.6 Å². The van der Waals surface area contributed by atoms with Crippen LogP contribution in [0.1, 0.15) is 18.6 Å². The van der Waals surface area contributed by atoms with Gasteiger partial charge in [-0.3, -0.25) is 0 Å². The van der Waals surface area contributed by atoms with Crippen molar-refractivity contribution in [3.8, 4) is 0 Å². The highest BCUT2D eigenvalue weighted by Crippen LogP contribution is 2.15. The van der Waals surface area contributed by atoms with E-state index in [9.17, 15) is 13.9 Å². The summed E-state index contributed by atoms with van der Waals surface area (Å²) in [7, 11) is 0. The van der Waals surface area contributed by atoms with Crippen LogP contribution in [0.25, 0.3) is 0 Å². The number of hydrogen-bond acceptors (Lipinski definition) is 3. The highest BCUT2D eigenvalue weighted by Gasteiger charge is 2.10. The summed E-state index contributed by atoms with van der Waals surface area (Å²) < 4.78 is 25.6. The number of aliphatic hydroxyl groups excluding tert-OH is 1. The molecule has 0 aromatic heterocycles. The van der Waals surface area contributed by atoms with Crippen LogP contribution >= 0.6 is 11.8 Å². The lowest BCUT2D eigenvalue weighted by atomic mass is 10.1. The first kappa shape index (κ1) is 14.4. The zero-order valence-electron chi connectivity index (χ0n) is 9.91. The van der Waals surface area contributed by atoms with Gasteiger partial charge in [0, 0.05) is 18.3 Å². The maximum absolute atomic E-state index is 12.9. The Labute approximate surface area is 104 Å². The van der Waals surface area contributed by atoms with Gasteiger partial charge in [0.05, 0.1) is 6.10 Å². The molecule has 0 saturated heterocycles. The Morgan fingerprint density at radius 1 is 1.29 bits per heavy atom. The molecule has 0 aliphatic carbocycles. The molecule has 0 saturated carbocycles. The molecule has 96 valence electrons. The maximum atomic E-state index is 12.9. The molecule has 0 bridgehead atoms. The molecule has 0 aliphatic rings. The van der Waals surface area contributed by atoms with Crippen molar-refractivity contribution in [2.75, 3.05) is 19.3 Å². The van der Waals surface area contributed by atoms with E-state index < -0.39 is 17.7 Å². The van der Waals surface area contributed by atoms with Crippen molar-refractivity contribution in [1.29, 1.82) is 0 Å². The topological polar surface area (TPSA) is 32.3 Å². The molecule has 0 amide bonds. The number of nitrogens with one attached hydrogen (secondary N) is 1. The van der Waals surface area contributed by atoms with Gasteiger partial charge >= 0.3 is 0 Å². The van der Waals surface area contributed by atoms with Gasteiger partial charge in [0.2, 0.25) is 0 Å². The fourth-order valence-electron chi connectivity index (χ4n) is 1.34. The highest BCUT2D eigenvalue weighted by atomic mass is 32.2. The summed E-state index contributed by atoms with van der Waals surface area (Å²) in [5.41, 5.74) is 0.383. The molecule has 2 atom stereocenters. The van der Waals surface area contributed by atoms with Crippen molar-refractivity contribution >= 4 is 11.8 Å². The smallest absolute Gasteiger partial charge is 0.159 e. The fourth-order valence-corrected chi connectivity index (χ4v) is 1.63. The lowest BCUT2D eigenvalue weighted by molar-refractivity contribution is 0.174. The number of aliphatic hydroxyl groups is 1. The Bertz CT molecular complexity index is 362. The van der Waals surface area contributed by atoms with Crippen LogP contribution in [-0.4, -0.2) is 29.7 Å². The van der Waals surface area contributed by atoms with Gasteiger partial charge in [-0.2, -0.15) is 11.8 Å². The van der Waals surface area contributed by atoms with Crippen LogP contribution < -0.4 is 5.32 Å². The summed E-state index contributed by atoms with van der Waals surface area (Å²) in [6.45, 7) is 3.17. The summed E-state index contributed by atoms with van der Waals surface area (Å²) in [6.07, 6.45) is 1.19. The Kier molecular flexibility index (Phi) is 5.88. The number of halogens is 2. The minimum Gasteiger partial charge on any atom is -0.387 e. The van der Waals surface area contributed by atoms with Crippen molar-refractivity contribution < 1.29 is 13.9 Å². The van der Waals surface area contributed by atoms with E-state index >= 15 is 0 Å². The van der Waals surface area contributed by atoms with Gasteiger partial charge in [0.1, 0.15) is 0 Å². The zero-order chi connectivity index (χ0) is 12.8. The third-order valence-electron chi connectivity index (χ3n) is 2.50. The summed E-state index contributed by atoms with van der Waals surface area (Å²) in [6, 6.07) is 3.45. The first-order valence-electron chi connectivity index (χ1n) is 5.41. The van der Waals surface area contributed by atoms with Gasteiger partial charge in [-0.25, -0.2) is 8.78 Å². The van der Waals surface area contributed by atoms with Crippen molar-refractivity contribution in [1.82, 2.24) is 5.32 Å². The molecule has 2 unspecified atom stereocenters. The van der Waals surface area contributed by atoms with E-state index in [0.29, 0.717) is 17.4 Å². The minimum absolute atomic E-state index is 0.329. The lowest BCUT2D eigenvalue weighted by Crippen LogP contribution is -2.27. The summed E-state index contributed by atoms with van der Waals surface area (Å²) in [5.74, 6) is -1.83. The molecule has 0 radical (unpaired) electrons. The standard InChI is InChI=1S/C12H17F2NOS/c1-8(17-2)6-15-7-12(16)9-3-4-10(13)11(14)5-9/h3-5,8,12,15-16H,6-7H2,1-2H3. The molecule has 2 nitrogen and oxygen atoms in total. The Balaban J connectivity index is 2.46.